The van der Waals surface area contributed by atoms with Gasteiger partial charge in [0.2, 0.25) is 11.8 Å². The Labute approximate surface area is 213 Å². The van der Waals surface area contributed by atoms with E-state index >= 15 is 0 Å². The number of hydrogen-bond acceptors (Lipinski definition) is 6. The van der Waals surface area contributed by atoms with Crippen molar-refractivity contribution in [2.45, 2.75) is 85.2 Å². The standard InChI is InChI=1S/C26H41N3O7/c1-15(2)12-19(20(30)13-21(31)32)27-24(33)22(16(3)4)28-25(34)23(17(5)6)29-26(35)36-14-18-10-8-7-9-11-18/h7-11,15-17,19-20,22-23,30H,12-14H2,1-6H3,(H,27,33)(H,28,34)(H,29,35)(H,31,32)/t19-,20+,22+,23+/m1/s1. The Kier molecular flexibility index (Phi) is 12.9. The van der Waals surface area contributed by atoms with Gasteiger partial charge in [0, 0.05) is 0 Å². The van der Waals surface area contributed by atoms with Crippen molar-refractivity contribution in [3.05, 3.63) is 35.9 Å². The first-order valence-corrected chi connectivity index (χ1v) is 12.3. The average molecular weight is 508 g/mol. The highest BCUT2D eigenvalue weighted by atomic mass is 16.5. The van der Waals surface area contributed by atoms with Crippen LogP contribution in [0.25, 0.3) is 0 Å². The van der Waals surface area contributed by atoms with Gasteiger partial charge < -0.3 is 30.9 Å². The molecule has 36 heavy (non-hydrogen) atoms. The maximum atomic E-state index is 13.1. The number of aliphatic carboxylic acids is 1. The largest absolute Gasteiger partial charge is 0.481 e. The number of hydrogen-bond donors (Lipinski definition) is 5. The van der Waals surface area contributed by atoms with E-state index in [-0.39, 0.29) is 24.4 Å². The van der Waals surface area contributed by atoms with Crippen molar-refractivity contribution in [1.82, 2.24) is 16.0 Å². The fourth-order valence-electron chi connectivity index (χ4n) is 3.62. The number of ether oxygens (including phenoxy) is 1. The van der Waals surface area contributed by atoms with E-state index in [1.807, 2.05) is 44.2 Å². The van der Waals surface area contributed by atoms with Gasteiger partial charge in [0.05, 0.1) is 18.6 Å². The van der Waals surface area contributed by atoms with Gasteiger partial charge in [-0.25, -0.2) is 4.79 Å². The highest BCUT2D eigenvalue weighted by molar-refractivity contribution is 5.91. The van der Waals surface area contributed by atoms with Gasteiger partial charge in [0.25, 0.3) is 0 Å². The monoisotopic (exact) mass is 507 g/mol. The maximum Gasteiger partial charge on any atom is 0.408 e. The molecule has 0 aliphatic heterocycles. The predicted molar refractivity (Wildman–Crippen MR) is 135 cm³/mol. The molecule has 0 saturated heterocycles. The maximum absolute atomic E-state index is 13.1. The van der Waals surface area contributed by atoms with Crippen LogP contribution in [-0.4, -0.2) is 58.3 Å². The molecule has 0 unspecified atom stereocenters. The number of nitrogens with one attached hydrogen (secondary N) is 3. The minimum atomic E-state index is -1.28. The smallest absolute Gasteiger partial charge is 0.408 e. The third-order valence-corrected chi connectivity index (χ3v) is 5.58. The van der Waals surface area contributed by atoms with E-state index in [4.69, 9.17) is 9.84 Å². The van der Waals surface area contributed by atoms with E-state index in [9.17, 15) is 24.3 Å². The van der Waals surface area contributed by atoms with Gasteiger partial charge in [-0.2, -0.15) is 0 Å². The molecule has 0 aliphatic carbocycles. The van der Waals surface area contributed by atoms with Crippen molar-refractivity contribution in [3.63, 3.8) is 0 Å². The topological polar surface area (TPSA) is 154 Å². The zero-order valence-corrected chi connectivity index (χ0v) is 22.0. The van der Waals surface area contributed by atoms with E-state index in [1.165, 1.54) is 0 Å². The van der Waals surface area contributed by atoms with Crippen molar-refractivity contribution in [1.29, 1.82) is 0 Å². The second-order valence-corrected chi connectivity index (χ2v) is 10.1. The lowest BCUT2D eigenvalue weighted by Gasteiger charge is -2.30. The highest BCUT2D eigenvalue weighted by Crippen LogP contribution is 2.13. The number of alkyl carbamates (subject to hydrolysis) is 1. The summed E-state index contributed by atoms with van der Waals surface area (Å²) >= 11 is 0. The van der Waals surface area contributed by atoms with E-state index in [0.717, 1.165) is 5.56 Å². The summed E-state index contributed by atoms with van der Waals surface area (Å²) in [6, 6.07) is 6.41. The van der Waals surface area contributed by atoms with Gasteiger partial charge in [-0.1, -0.05) is 71.9 Å². The summed E-state index contributed by atoms with van der Waals surface area (Å²) in [4.78, 5) is 49.5. The second-order valence-electron chi connectivity index (χ2n) is 10.1. The molecule has 202 valence electrons. The summed E-state index contributed by atoms with van der Waals surface area (Å²) in [6.07, 6.45) is -2.18. The first-order chi connectivity index (χ1) is 16.8. The van der Waals surface area contributed by atoms with Crippen LogP contribution in [0.4, 0.5) is 4.79 Å². The fraction of sp³-hybridized carbons (Fsp3) is 0.615. The number of amides is 3. The van der Waals surface area contributed by atoms with Crippen LogP contribution in [-0.2, 0) is 25.7 Å². The van der Waals surface area contributed by atoms with Crippen LogP contribution < -0.4 is 16.0 Å². The number of benzene rings is 1. The molecule has 0 aromatic heterocycles. The summed E-state index contributed by atoms with van der Waals surface area (Å²) < 4.78 is 5.22. The van der Waals surface area contributed by atoms with E-state index in [2.05, 4.69) is 16.0 Å². The number of aliphatic hydroxyl groups is 1. The zero-order chi connectivity index (χ0) is 27.4. The van der Waals surface area contributed by atoms with Crippen LogP contribution in [0.3, 0.4) is 0 Å². The summed E-state index contributed by atoms with van der Waals surface area (Å²) in [7, 11) is 0. The SMILES string of the molecule is CC(C)C[C@@H](NC(=O)[C@@H](NC(=O)[C@@H](NC(=O)OCc1ccccc1)C(C)C)C(C)C)[C@@H](O)CC(=O)O. The molecule has 0 radical (unpaired) electrons. The van der Waals surface area contributed by atoms with Gasteiger partial charge in [-0.15, -0.1) is 0 Å². The van der Waals surface area contributed by atoms with Crippen molar-refractivity contribution in [2.24, 2.45) is 17.8 Å². The van der Waals surface area contributed by atoms with Gasteiger partial charge in [-0.3, -0.25) is 14.4 Å². The predicted octanol–water partition coefficient (Wildman–Crippen LogP) is 2.44. The Morgan fingerprint density at radius 2 is 1.36 bits per heavy atom. The quantitative estimate of drug-likeness (QED) is 0.259. The summed E-state index contributed by atoms with van der Waals surface area (Å²) in [5, 5.41) is 27.3. The Bertz CT molecular complexity index is 858. The van der Waals surface area contributed by atoms with E-state index in [0.29, 0.717) is 6.42 Å². The third kappa shape index (κ3) is 11.1. The molecule has 0 aliphatic rings. The molecule has 0 heterocycles. The number of carbonyl (C=O) groups excluding carboxylic acids is 3. The molecule has 10 heteroatoms. The van der Waals surface area contributed by atoms with Crippen molar-refractivity contribution >= 4 is 23.9 Å². The van der Waals surface area contributed by atoms with Crippen LogP contribution in [0.15, 0.2) is 30.3 Å². The zero-order valence-electron chi connectivity index (χ0n) is 22.0. The summed E-state index contributed by atoms with van der Waals surface area (Å²) in [6.45, 7) is 10.9. The summed E-state index contributed by atoms with van der Waals surface area (Å²) in [5.74, 6) is -2.80. The summed E-state index contributed by atoms with van der Waals surface area (Å²) in [5.41, 5.74) is 0.802. The lowest BCUT2D eigenvalue weighted by molar-refractivity contribution is -0.140. The number of aliphatic hydroxyl groups excluding tert-OH is 1. The highest BCUT2D eigenvalue weighted by Gasteiger charge is 2.33. The molecule has 10 nitrogen and oxygen atoms in total. The molecule has 1 aromatic rings. The number of carbonyl (C=O) groups is 4. The first kappa shape index (κ1) is 30.9. The van der Waals surface area contributed by atoms with Gasteiger partial charge >= 0.3 is 12.1 Å². The minimum Gasteiger partial charge on any atom is -0.481 e. The molecule has 3 amide bonds. The van der Waals surface area contributed by atoms with Crippen LogP contribution >= 0.6 is 0 Å². The molecule has 4 atom stereocenters. The first-order valence-electron chi connectivity index (χ1n) is 12.3. The molecule has 0 fully saturated rings. The minimum absolute atomic E-state index is 0.0477. The van der Waals surface area contributed by atoms with Crippen molar-refractivity contribution in [2.75, 3.05) is 0 Å². The number of carboxylic acids is 1. The lowest BCUT2D eigenvalue weighted by atomic mass is 9.95. The van der Waals surface area contributed by atoms with Gasteiger partial charge in [0.1, 0.15) is 18.7 Å². The average Bonchev–Trinajstić information content (AvgIpc) is 2.78. The third-order valence-electron chi connectivity index (χ3n) is 5.58. The molecule has 1 rings (SSSR count). The van der Waals surface area contributed by atoms with Crippen LogP contribution in [0.1, 0.15) is 59.9 Å². The Hall–Kier alpha value is -3.14. The lowest BCUT2D eigenvalue weighted by Crippen LogP contribution is -2.59. The van der Waals surface area contributed by atoms with Crippen LogP contribution in [0.5, 0.6) is 0 Å². The second kappa shape index (κ2) is 15.1. The molecule has 5 N–H and O–H groups in total. The van der Waals surface area contributed by atoms with Gasteiger partial charge in [0.15, 0.2) is 0 Å². The fourth-order valence-corrected chi connectivity index (χ4v) is 3.62. The molecule has 0 bridgehead atoms. The normalized spacial score (nSPS) is 14.6. The molecule has 0 spiro atoms. The van der Waals surface area contributed by atoms with Gasteiger partial charge in [-0.05, 0) is 29.7 Å². The Morgan fingerprint density at radius 3 is 1.86 bits per heavy atom. The molecular weight excluding hydrogens is 466 g/mol. The molecular formula is C26H41N3O7. The Morgan fingerprint density at radius 1 is 0.833 bits per heavy atom. The van der Waals surface area contributed by atoms with Crippen molar-refractivity contribution in [3.8, 4) is 0 Å². The van der Waals surface area contributed by atoms with E-state index in [1.54, 1.807) is 27.7 Å². The number of carboxylic acid groups (broad SMARTS) is 1. The van der Waals surface area contributed by atoms with E-state index < -0.39 is 54.5 Å². The molecule has 1 aromatic carbocycles. The molecule has 0 saturated carbocycles. The number of rotatable bonds is 14. The van der Waals surface area contributed by atoms with Crippen molar-refractivity contribution < 1.29 is 34.1 Å². The van der Waals surface area contributed by atoms with Crippen LogP contribution in [0, 0.1) is 17.8 Å². The van der Waals surface area contributed by atoms with Crippen LogP contribution in [0.2, 0.25) is 0 Å². The Balaban J connectivity index is 2.87.